The Kier molecular flexibility index (Phi) is 6.23. The fourth-order valence-corrected chi connectivity index (χ4v) is 2.61. The van der Waals surface area contributed by atoms with Gasteiger partial charge in [-0.2, -0.15) is 0 Å². The summed E-state index contributed by atoms with van der Waals surface area (Å²) >= 11 is 0. The molecule has 1 fully saturated rings. The summed E-state index contributed by atoms with van der Waals surface area (Å²) in [5, 5.41) is 0. The van der Waals surface area contributed by atoms with Crippen molar-refractivity contribution in [2.75, 3.05) is 6.61 Å². The average molecular weight is 240 g/mol. The topological polar surface area (TPSA) is 43.4 Å². The molecule has 0 saturated heterocycles. The monoisotopic (exact) mass is 240 g/mol. The highest BCUT2D eigenvalue weighted by atomic mass is 16.5. The minimum atomic E-state index is -0.531. The maximum atomic E-state index is 11.6. The molecule has 0 aromatic heterocycles. The van der Waals surface area contributed by atoms with Gasteiger partial charge >= 0.3 is 5.97 Å². The van der Waals surface area contributed by atoms with E-state index >= 15 is 0 Å². The number of hydrogen-bond donors (Lipinski definition) is 0. The van der Waals surface area contributed by atoms with E-state index in [0.29, 0.717) is 18.9 Å². The number of ether oxygens (including phenoxy) is 1. The highest BCUT2D eigenvalue weighted by Gasteiger charge is 2.26. The van der Waals surface area contributed by atoms with Crippen molar-refractivity contribution in [2.45, 2.75) is 58.8 Å². The first-order valence-corrected chi connectivity index (χ1v) is 6.82. The molecule has 1 rings (SSSR count). The van der Waals surface area contributed by atoms with Crippen LogP contribution in [-0.2, 0) is 14.3 Å². The fraction of sp³-hybridized carbons (Fsp3) is 0.857. The molecule has 0 radical (unpaired) electrons. The van der Waals surface area contributed by atoms with Crippen LogP contribution in [0.25, 0.3) is 0 Å². The van der Waals surface area contributed by atoms with E-state index in [2.05, 4.69) is 0 Å². The summed E-state index contributed by atoms with van der Waals surface area (Å²) in [5.74, 6) is -0.216. The number of carbonyl (C=O) groups excluding carboxylic acids is 2. The predicted octanol–water partition coefficient (Wildman–Crippen LogP) is 3.12. The normalized spacial score (nSPS) is 18.7. The summed E-state index contributed by atoms with van der Waals surface area (Å²) in [5.41, 5.74) is 0. The van der Waals surface area contributed by atoms with Crippen LogP contribution in [0.1, 0.15) is 58.8 Å². The first-order chi connectivity index (χ1) is 8.15. The van der Waals surface area contributed by atoms with Crippen LogP contribution < -0.4 is 0 Å². The third kappa shape index (κ3) is 4.88. The third-order valence-electron chi connectivity index (χ3n) is 3.65. The van der Waals surface area contributed by atoms with E-state index in [1.807, 2.05) is 0 Å². The number of rotatable bonds is 6. The van der Waals surface area contributed by atoms with Gasteiger partial charge < -0.3 is 4.74 Å². The van der Waals surface area contributed by atoms with E-state index in [4.69, 9.17) is 4.74 Å². The van der Waals surface area contributed by atoms with Gasteiger partial charge in [-0.25, -0.2) is 0 Å². The lowest BCUT2D eigenvalue weighted by Crippen LogP contribution is -2.25. The zero-order chi connectivity index (χ0) is 12.7. The molecule has 1 aliphatic carbocycles. The first-order valence-electron chi connectivity index (χ1n) is 6.82. The van der Waals surface area contributed by atoms with Gasteiger partial charge in [0.2, 0.25) is 0 Å². The Bertz CT molecular complexity index is 254. The second kappa shape index (κ2) is 7.46. The Labute approximate surface area is 104 Å². The molecule has 3 nitrogen and oxygen atoms in total. The summed E-state index contributed by atoms with van der Waals surface area (Å²) in [6, 6.07) is 0. The van der Waals surface area contributed by atoms with E-state index in [9.17, 15) is 9.59 Å². The lowest BCUT2D eigenvalue weighted by atomic mass is 9.83. The predicted molar refractivity (Wildman–Crippen MR) is 66.6 cm³/mol. The van der Waals surface area contributed by atoms with Gasteiger partial charge in [0.15, 0.2) is 0 Å². The van der Waals surface area contributed by atoms with Crippen molar-refractivity contribution in [3.63, 3.8) is 0 Å². The van der Waals surface area contributed by atoms with Crippen LogP contribution in [0.2, 0.25) is 0 Å². The molecule has 3 heteroatoms. The largest absolute Gasteiger partial charge is 0.465 e. The quantitative estimate of drug-likeness (QED) is 0.529. The molecule has 1 atom stereocenters. The summed E-state index contributed by atoms with van der Waals surface area (Å²) in [7, 11) is 0. The molecule has 0 aromatic rings. The number of Topliss-reactive ketones (excluding diaryl/α,β-unsaturated/α-hetero) is 1. The van der Waals surface area contributed by atoms with Gasteiger partial charge in [-0.15, -0.1) is 0 Å². The van der Waals surface area contributed by atoms with Gasteiger partial charge in [-0.1, -0.05) is 32.1 Å². The maximum Gasteiger partial charge on any atom is 0.316 e. The molecule has 0 heterocycles. The van der Waals surface area contributed by atoms with E-state index < -0.39 is 5.92 Å². The van der Waals surface area contributed by atoms with E-state index in [1.165, 1.54) is 39.0 Å². The standard InChI is InChI=1S/C14H24O3/c1-3-17-14(16)13(11(2)15)10-9-12-7-5-4-6-8-12/h12-13H,3-10H2,1-2H3. The second-order valence-corrected chi connectivity index (χ2v) is 5.00. The molecule has 1 unspecified atom stereocenters. The van der Waals surface area contributed by atoms with E-state index in [0.717, 1.165) is 6.42 Å². The van der Waals surface area contributed by atoms with Crippen molar-refractivity contribution in [3.05, 3.63) is 0 Å². The van der Waals surface area contributed by atoms with Crippen LogP contribution in [0.5, 0.6) is 0 Å². The molecule has 0 N–H and O–H groups in total. The van der Waals surface area contributed by atoms with Crippen molar-refractivity contribution < 1.29 is 14.3 Å². The fourth-order valence-electron chi connectivity index (χ4n) is 2.61. The van der Waals surface area contributed by atoms with Gasteiger partial charge in [0.05, 0.1) is 6.61 Å². The summed E-state index contributed by atoms with van der Waals surface area (Å²) < 4.78 is 4.95. The third-order valence-corrected chi connectivity index (χ3v) is 3.65. The molecule has 98 valence electrons. The Morgan fingerprint density at radius 3 is 2.41 bits per heavy atom. The number of hydrogen-bond acceptors (Lipinski definition) is 3. The summed E-state index contributed by atoms with van der Waals surface area (Å²) in [6.07, 6.45) is 8.11. The van der Waals surface area contributed by atoms with Gasteiger partial charge in [-0.3, -0.25) is 9.59 Å². The van der Waals surface area contributed by atoms with E-state index in [-0.39, 0.29) is 11.8 Å². The molecule has 0 spiro atoms. The Balaban J connectivity index is 2.38. The Morgan fingerprint density at radius 2 is 1.88 bits per heavy atom. The molecule has 0 bridgehead atoms. The van der Waals surface area contributed by atoms with Crippen molar-refractivity contribution in [1.82, 2.24) is 0 Å². The van der Waals surface area contributed by atoms with Crippen molar-refractivity contribution in [1.29, 1.82) is 0 Å². The Morgan fingerprint density at radius 1 is 1.24 bits per heavy atom. The lowest BCUT2D eigenvalue weighted by molar-refractivity contribution is -0.151. The van der Waals surface area contributed by atoms with Crippen LogP contribution in [-0.4, -0.2) is 18.4 Å². The van der Waals surface area contributed by atoms with Crippen LogP contribution >= 0.6 is 0 Å². The molecule has 0 amide bonds. The smallest absolute Gasteiger partial charge is 0.316 e. The van der Waals surface area contributed by atoms with Crippen LogP contribution in [0, 0.1) is 11.8 Å². The summed E-state index contributed by atoms with van der Waals surface area (Å²) in [4.78, 5) is 23.0. The van der Waals surface area contributed by atoms with Crippen LogP contribution in [0.3, 0.4) is 0 Å². The molecule has 1 saturated carbocycles. The lowest BCUT2D eigenvalue weighted by Gasteiger charge is -2.22. The van der Waals surface area contributed by atoms with Crippen LogP contribution in [0.4, 0.5) is 0 Å². The first kappa shape index (κ1) is 14.2. The van der Waals surface area contributed by atoms with Gasteiger partial charge in [0.25, 0.3) is 0 Å². The molecular weight excluding hydrogens is 216 g/mol. The van der Waals surface area contributed by atoms with Gasteiger partial charge in [-0.05, 0) is 32.6 Å². The van der Waals surface area contributed by atoms with E-state index in [1.54, 1.807) is 6.92 Å². The second-order valence-electron chi connectivity index (χ2n) is 5.00. The molecular formula is C14H24O3. The number of carbonyl (C=O) groups is 2. The zero-order valence-corrected chi connectivity index (χ0v) is 11.0. The molecule has 1 aliphatic rings. The van der Waals surface area contributed by atoms with Gasteiger partial charge in [0.1, 0.15) is 11.7 Å². The minimum Gasteiger partial charge on any atom is -0.465 e. The molecule has 17 heavy (non-hydrogen) atoms. The maximum absolute atomic E-state index is 11.6. The van der Waals surface area contributed by atoms with Crippen molar-refractivity contribution in [3.8, 4) is 0 Å². The minimum absolute atomic E-state index is 0.0562. The van der Waals surface area contributed by atoms with Crippen LogP contribution in [0.15, 0.2) is 0 Å². The summed E-state index contributed by atoms with van der Waals surface area (Å²) in [6.45, 7) is 3.62. The highest BCUT2D eigenvalue weighted by molar-refractivity contribution is 5.97. The van der Waals surface area contributed by atoms with Crippen molar-refractivity contribution >= 4 is 11.8 Å². The van der Waals surface area contributed by atoms with Crippen molar-refractivity contribution in [2.24, 2.45) is 11.8 Å². The Hall–Kier alpha value is -0.860. The SMILES string of the molecule is CCOC(=O)C(CCC1CCCCC1)C(C)=O. The molecule has 0 aliphatic heterocycles. The highest BCUT2D eigenvalue weighted by Crippen LogP contribution is 2.29. The van der Waals surface area contributed by atoms with Gasteiger partial charge in [0, 0.05) is 0 Å². The number of esters is 1. The molecule has 0 aromatic carbocycles. The zero-order valence-electron chi connectivity index (χ0n) is 11.0. The average Bonchev–Trinajstić information content (AvgIpc) is 2.30. The number of ketones is 1.